The van der Waals surface area contributed by atoms with Crippen LogP contribution in [0.3, 0.4) is 0 Å². The maximum atomic E-state index is 12.0. The highest BCUT2D eigenvalue weighted by atomic mass is 32.1. The number of aromatic nitrogens is 2. The first-order valence-electron chi connectivity index (χ1n) is 8.73. The van der Waals surface area contributed by atoms with Crippen molar-refractivity contribution in [3.05, 3.63) is 47.3 Å². The van der Waals surface area contributed by atoms with Gasteiger partial charge in [0.15, 0.2) is 0 Å². The second kappa shape index (κ2) is 6.68. The van der Waals surface area contributed by atoms with Crippen LogP contribution in [0.2, 0.25) is 0 Å². The first-order chi connectivity index (χ1) is 13.3. The van der Waals surface area contributed by atoms with E-state index in [2.05, 4.69) is 5.32 Å². The van der Waals surface area contributed by atoms with E-state index in [1.165, 1.54) is 11.3 Å². The van der Waals surface area contributed by atoms with Crippen molar-refractivity contribution < 1.29 is 9.59 Å². The fraction of sp³-hybridized carbons (Fsp3) is 0.211. The normalized spacial score (nSPS) is 12.2. The number of primary amides is 2. The summed E-state index contributed by atoms with van der Waals surface area (Å²) in [6.07, 6.45) is 3.28. The molecule has 4 rings (SSSR count). The van der Waals surface area contributed by atoms with Crippen LogP contribution in [-0.2, 0) is 12.8 Å². The van der Waals surface area contributed by atoms with Crippen molar-refractivity contribution in [1.82, 2.24) is 9.78 Å². The molecule has 1 aliphatic carbocycles. The van der Waals surface area contributed by atoms with E-state index in [-0.39, 0.29) is 0 Å². The lowest BCUT2D eigenvalue weighted by molar-refractivity contribution is 0.100. The lowest BCUT2D eigenvalue weighted by Gasteiger charge is -2.12. The summed E-state index contributed by atoms with van der Waals surface area (Å²) in [7, 11) is 3.99. The summed E-state index contributed by atoms with van der Waals surface area (Å²) in [6, 6.07) is 7.37. The largest absolute Gasteiger partial charge is 0.378 e. The average molecular weight is 396 g/mol. The standard InChI is InChI=1S/C19H20N6O2S/c1-24(2)10-3-5-11(6-4-10)25-9-13-14(23-25)8-7-12-15(17(20)26)18(22-19(21)27)28-16(12)13/h3-6,9H,7-8H2,1-2H3,(H2,20,26)(H3,21,22,27). The summed E-state index contributed by atoms with van der Waals surface area (Å²) in [5.41, 5.74) is 15.9. The van der Waals surface area contributed by atoms with Crippen LogP contribution in [0.4, 0.5) is 15.5 Å². The number of fused-ring (bicyclic) bond motifs is 3. The van der Waals surface area contributed by atoms with E-state index in [9.17, 15) is 9.59 Å². The van der Waals surface area contributed by atoms with Crippen molar-refractivity contribution in [2.45, 2.75) is 12.8 Å². The van der Waals surface area contributed by atoms with Crippen LogP contribution in [0.25, 0.3) is 16.1 Å². The Kier molecular flexibility index (Phi) is 4.31. The van der Waals surface area contributed by atoms with Gasteiger partial charge in [-0.1, -0.05) is 0 Å². The number of thiophene rings is 1. The number of nitrogens with two attached hydrogens (primary N) is 2. The monoisotopic (exact) mass is 396 g/mol. The minimum atomic E-state index is -0.724. The number of aryl methyl sites for hydroxylation is 1. The summed E-state index contributed by atoms with van der Waals surface area (Å²) in [4.78, 5) is 26.2. The van der Waals surface area contributed by atoms with E-state index >= 15 is 0 Å². The molecule has 3 aromatic rings. The van der Waals surface area contributed by atoms with Gasteiger partial charge in [-0.15, -0.1) is 11.3 Å². The Hall–Kier alpha value is -3.33. The molecule has 0 atom stereocenters. The number of hydrogen-bond donors (Lipinski definition) is 3. The predicted molar refractivity (Wildman–Crippen MR) is 110 cm³/mol. The van der Waals surface area contributed by atoms with Crippen LogP contribution < -0.4 is 21.7 Å². The number of nitrogens with one attached hydrogen (secondary N) is 1. The molecule has 1 aliphatic rings. The molecule has 5 N–H and O–H groups in total. The zero-order chi connectivity index (χ0) is 20.0. The maximum absolute atomic E-state index is 12.0. The molecule has 28 heavy (non-hydrogen) atoms. The number of nitrogens with zero attached hydrogens (tertiary/aromatic N) is 3. The first-order valence-corrected chi connectivity index (χ1v) is 9.55. The van der Waals surface area contributed by atoms with Gasteiger partial charge in [-0.3, -0.25) is 10.1 Å². The SMILES string of the molecule is CN(C)c1ccc(-n2cc3c(n2)CCc2c-3sc(NC(N)=O)c2C(N)=O)cc1. The van der Waals surface area contributed by atoms with Crippen LogP contribution in [0, 0.1) is 0 Å². The first kappa shape index (κ1) is 18.1. The van der Waals surface area contributed by atoms with E-state index in [1.54, 1.807) is 0 Å². The molecule has 2 heterocycles. The molecule has 1 aromatic carbocycles. The third-order valence-corrected chi connectivity index (χ3v) is 5.95. The quantitative estimate of drug-likeness (QED) is 0.627. The van der Waals surface area contributed by atoms with Gasteiger partial charge in [-0.25, -0.2) is 9.48 Å². The van der Waals surface area contributed by atoms with Gasteiger partial charge in [0, 0.05) is 36.4 Å². The van der Waals surface area contributed by atoms with Gasteiger partial charge in [0.25, 0.3) is 5.91 Å². The smallest absolute Gasteiger partial charge is 0.317 e. The third-order valence-electron chi connectivity index (χ3n) is 4.77. The highest BCUT2D eigenvalue weighted by Crippen LogP contribution is 2.45. The molecule has 0 saturated heterocycles. The number of hydrogen-bond acceptors (Lipinski definition) is 5. The molecule has 0 radical (unpaired) electrons. The Bertz CT molecular complexity index is 1080. The van der Waals surface area contributed by atoms with E-state index in [0.29, 0.717) is 23.4 Å². The number of anilines is 2. The van der Waals surface area contributed by atoms with Gasteiger partial charge in [0.2, 0.25) is 0 Å². The van der Waals surface area contributed by atoms with Crippen LogP contribution in [0.1, 0.15) is 21.6 Å². The summed E-state index contributed by atoms with van der Waals surface area (Å²) >= 11 is 1.30. The molecule has 0 spiro atoms. The molecular formula is C19H20N6O2S. The molecule has 0 bridgehead atoms. The van der Waals surface area contributed by atoms with Crippen molar-refractivity contribution in [2.24, 2.45) is 11.5 Å². The Morgan fingerprint density at radius 1 is 1.18 bits per heavy atom. The lowest BCUT2D eigenvalue weighted by atomic mass is 9.94. The summed E-state index contributed by atoms with van der Waals surface area (Å²) in [5, 5.41) is 7.63. The van der Waals surface area contributed by atoms with Crippen molar-refractivity contribution in [2.75, 3.05) is 24.3 Å². The number of urea groups is 1. The van der Waals surface area contributed by atoms with Crippen molar-refractivity contribution in [3.8, 4) is 16.1 Å². The summed E-state index contributed by atoms with van der Waals surface area (Å²) in [6.45, 7) is 0. The lowest BCUT2D eigenvalue weighted by Crippen LogP contribution is -2.22. The van der Waals surface area contributed by atoms with E-state index in [4.69, 9.17) is 16.6 Å². The average Bonchev–Trinajstić information content (AvgIpc) is 3.21. The second-order valence-corrected chi connectivity index (χ2v) is 7.83. The number of rotatable bonds is 4. The molecule has 0 aliphatic heterocycles. The van der Waals surface area contributed by atoms with Gasteiger partial charge >= 0.3 is 6.03 Å². The molecule has 9 heteroatoms. The third kappa shape index (κ3) is 2.99. The number of carbonyl (C=O) groups is 2. The Labute approximate surface area is 165 Å². The number of carbonyl (C=O) groups excluding carboxylic acids is 2. The van der Waals surface area contributed by atoms with Crippen LogP contribution in [-0.4, -0.2) is 35.8 Å². The molecule has 0 fully saturated rings. The zero-order valence-electron chi connectivity index (χ0n) is 15.5. The van der Waals surface area contributed by atoms with Crippen molar-refractivity contribution >= 4 is 34.0 Å². The Balaban J connectivity index is 1.78. The maximum Gasteiger partial charge on any atom is 0.317 e. The second-order valence-electron chi connectivity index (χ2n) is 6.81. The molecule has 2 aromatic heterocycles. The molecule has 3 amide bonds. The van der Waals surface area contributed by atoms with E-state index < -0.39 is 11.9 Å². The minimum Gasteiger partial charge on any atom is -0.378 e. The van der Waals surface area contributed by atoms with Crippen molar-refractivity contribution in [1.29, 1.82) is 0 Å². The van der Waals surface area contributed by atoms with Gasteiger partial charge in [-0.05, 0) is 42.7 Å². The molecule has 0 saturated carbocycles. The number of benzene rings is 1. The molecule has 0 unspecified atom stereocenters. The van der Waals surface area contributed by atoms with Crippen LogP contribution in [0.15, 0.2) is 30.5 Å². The predicted octanol–water partition coefficient (Wildman–Crippen LogP) is 2.35. The van der Waals surface area contributed by atoms with Crippen LogP contribution in [0.5, 0.6) is 0 Å². The van der Waals surface area contributed by atoms with Gasteiger partial charge < -0.3 is 16.4 Å². The highest BCUT2D eigenvalue weighted by molar-refractivity contribution is 7.20. The Morgan fingerprint density at radius 3 is 2.50 bits per heavy atom. The van der Waals surface area contributed by atoms with E-state index in [0.717, 1.165) is 33.1 Å². The fourth-order valence-electron chi connectivity index (χ4n) is 3.44. The van der Waals surface area contributed by atoms with Gasteiger partial charge in [-0.2, -0.15) is 5.10 Å². The van der Waals surface area contributed by atoms with Crippen LogP contribution >= 0.6 is 11.3 Å². The summed E-state index contributed by atoms with van der Waals surface area (Å²) in [5.74, 6) is -0.573. The zero-order valence-corrected chi connectivity index (χ0v) is 16.3. The fourth-order valence-corrected chi connectivity index (χ4v) is 4.73. The van der Waals surface area contributed by atoms with Gasteiger partial charge in [0.05, 0.1) is 16.9 Å². The minimum absolute atomic E-state index is 0.340. The van der Waals surface area contributed by atoms with Gasteiger partial charge in [0.1, 0.15) is 5.00 Å². The molecular weight excluding hydrogens is 376 g/mol. The topological polar surface area (TPSA) is 119 Å². The summed E-state index contributed by atoms with van der Waals surface area (Å²) < 4.78 is 1.84. The van der Waals surface area contributed by atoms with E-state index in [1.807, 2.05) is 54.1 Å². The molecule has 8 nitrogen and oxygen atoms in total. The highest BCUT2D eigenvalue weighted by Gasteiger charge is 2.29. The Morgan fingerprint density at radius 2 is 1.89 bits per heavy atom. The molecule has 144 valence electrons. The van der Waals surface area contributed by atoms with Crippen molar-refractivity contribution in [3.63, 3.8) is 0 Å². The number of amides is 3.